The van der Waals surface area contributed by atoms with Crippen LogP contribution in [0.3, 0.4) is 0 Å². The van der Waals surface area contributed by atoms with Crippen LogP contribution in [0.4, 0.5) is 5.69 Å². The van der Waals surface area contributed by atoms with Crippen molar-refractivity contribution in [2.75, 3.05) is 24.2 Å². The molecule has 3 rings (SSSR count). The van der Waals surface area contributed by atoms with E-state index in [1.165, 1.54) is 22.3 Å². The Hall–Kier alpha value is -0.890. The molecule has 1 saturated heterocycles. The van der Waals surface area contributed by atoms with E-state index in [0.717, 1.165) is 21.4 Å². The van der Waals surface area contributed by atoms with Gasteiger partial charge in [-0.2, -0.15) is 0 Å². The molecule has 0 aliphatic carbocycles. The first kappa shape index (κ1) is 17.9. The highest BCUT2D eigenvalue weighted by molar-refractivity contribution is 8.27. The fraction of sp³-hybridized carbons (Fsp3) is 0.294. The predicted molar refractivity (Wildman–Crippen MR) is 112 cm³/mol. The van der Waals surface area contributed by atoms with Gasteiger partial charge in [0.1, 0.15) is 4.32 Å². The molecule has 0 atom stereocenters. The Balaban J connectivity index is 1.99. The molecule has 1 aromatic carbocycles. The number of thioether (sulfide) groups is 3. The average Bonchev–Trinajstić information content (AvgIpc) is 3.08. The molecule has 0 N–H and O–H groups in total. The van der Waals surface area contributed by atoms with E-state index in [2.05, 4.69) is 42.2 Å². The van der Waals surface area contributed by atoms with Gasteiger partial charge in [-0.3, -0.25) is 9.69 Å². The minimum Gasteiger partial charge on any atom is -0.335 e. The van der Waals surface area contributed by atoms with Crippen LogP contribution in [0.15, 0.2) is 50.1 Å². The fourth-order valence-corrected chi connectivity index (χ4v) is 6.07. The summed E-state index contributed by atoms with van der Waals surface area (Å²) >= 11 is 10.1. The number of benzene rings is 1. The maximum absolute atomic E-state index is 12.6. The Labute approximate surface area is 160 Å². The van der Waals surface area contributed by atoms with Gasteiger partial charge >= 0.3 is 0 Å². The van der Waals surface area contributed by atoms with E-state index in [4.69, 9.17) is 12.2 Å². The van der Waals surface area contributed by atoms with Crippen molar-refractivity contribution in [3.05, 3.63) is 45.2 Å². The lowest BCUT2D eigenvalue weighted by atomic mass is 10.3. The van der Waals surface area contributed by atoms with Crippen molar-refractivity contribution in [1.82, 2.24) is 4.90 Å². The van der Waals surface area contributed by atoms with E-state index in [1.54, 1.807) is 28.4 Å². The summed E-state index contributed by atoms with van der Waals surface area (Å²) in [5, 5.41) is 1.16. The van der Waals surface area contributed by atoms with E-state index >= 15 is 0 Å². The Morgan fingerprint density at radius 2 is 1.92 bits per heavy atom. The smallest absolute Gasteiger partial charge is 0.267 e. The molecule has 0 bridgehead atoms. The average molecular weight is 395 g/mol. The van der Waals surface area contributed by atoms with Gasteiger partial charge in [0.15, 0.2) is 0 Å². The second-order valence-electron chi connectivity index (χ2n) is 5.11. The van der Waals surface area contributed by atoms with Crippen molar-refractivity contribution >= 4 is 63.4 Å². The van der Waals surface area contributed by atoms with Crippen molar-refractivity contribution in [2.45, 2.75) is 18.7 Å². The van der Waals surface area contributed by atoms with Gasteiger partial charge in [0.05, 0.1) is 15.6 Å². The molecule has 7 heteroatoms. The topological polar surface area (TPSA) is 23.6 Å². The van der Waals surface area contributed by atoms with Crippen LogP contribution in [-0.2, 0) is 4.79 Å². The van der Waals surface area contributed by atoms with E-state index in [1.807, 2.05) is 13.2 Å². The summed E-state index contributed by atoms with van der Waals surface area (Å²) < 4.78 is 0.650. The number of rotatable bonds is 4. The maximum Gasteiger partial charge on any atom is 0.267 e. The van der Waals surface area contributed by atoms with Crippen LogP contribution in [0.25, 0.3) is 0 Å². The monoisotopic (exact) mass is 394 g/mol. The Bertz CT molecular complexity index is 757. The molecule has 0 saturated carbocycles. The summed E-state index contributed by atoms with van der Waals surface area (Å²) in [4.78, 5) is 19.5. The fourth-order valence-electron chi connectivity index (χ4n) is 2.64. The first-order valence-corrected chi connectivity index (χ1v) is 10.9. The Morgan fingerprint density at radius 1 is 1.21 bits per heavy atom. The van der Waals surface area contributed by atoms with Crippen molar-refractivity contribution < 1.29 is 4.79 Å². The molecule has 1 amide bonds. The summed E-state index contributed by atoms with van der Waals surface area (Å²) in [7, 11) is 0. The van der Waals surface area contributed by atoms with E-state index in [9.17, 15) is 4.79 Å². The standard InChI is InChI=1S/C17H18N2OS4/c1-4-18-11-8-6-7-9-12(11)23-14(18)10-13(22-3)15-16(20)19(5-2)17(21)24-15/h6-10H,4-5H2,1-3H3. The largest absolute Gasteiger partial charge is 0.335 e. The molecule has 0 radical (unpaired) electrons. The van der Waals surface area contributed by atoms with Crippen LogP contribution in [0.1, 0.15) is 13.8 Å². The summed E-state index contributed by atoms with van der Waals surface area (Å²) in [5.41, 5.74) is 1.23. The summed E-state index contributed by atoms with van der Waals surface area (Å²) in [6.45, 7) is 5.61. The molecule has 1 fully saturated rings. The number of fused-ring (bicyclic) bond motifs is 1. The minimum atomic E-state index is 0.0252. The number of allylic oxidation sites excluding steroid dienone is 1. The van der Waals surface area contributed by atoms with Crippen LogP contribution < -0.4 is 4.90 Å². The summed E-state index contributed by atoms with van der Waals surface area (Å²) in [6, 6.07) is 8.40. The molecule has 126 valence electrons. The molecule has 24 heavy (non-hydrogen) atoms. The highest BCUT2D eigenvalue weighted by Gasteiger charge is 2.33. The number of hydrogen-bond donors (Lipinski definition) is 0. The van der Waals surface area contributed by atoms with Crippen molar-refractivity contribution in [3.8, 4) is 0 Å². The molecule has 2 aliphatic rings. The third kappa shape index (κ3) is 3.14. The van der Waals surface area contributed by atoms with Gasteiger partial charge < -0.3 is 4.90 Å². The zero-order valence-electron chi connectivity index (χ0n) is 13.7. The number of carbonyl (C=O) groups is 1. The van der Waals surface area contributed by atoms with Crippen LogP contribution in [0, 0.1) is 0 Å². The van der Waals surface area contributed by atoms with Gasteiger partial charge in [-0.1, -0.05) is 47.9 Å². The lowest BCUT2D eigenvalue weighted by Gasteiger charge is -2.18. The minimum absolute atomic E-state index is 0.0252. The van der Waals surface area contributed by atoms with Crippen LogP contribution >= 0.6 is 47.5 Å². The zero-order chi connectivity index (χ0) is 17.3. The third-order valence-electron chi connectivity index (χ3n) is 3.82. The Kier molecular flexibility index (Phi) is 5.64. The van der Waals surface area contributed by atoms with E-state index in [-0.39, 0.29) is 5.91 Å². The van der Waals surface area contributed by atoms with Crippen LogP contribution in [-0.4, -0.2) is 34.5 Å². The molecule has 0 unspecified atom stereocenters. The molecule has 3 nitrogen and oxygen atoms in total. The van der Waals surface area contributed by atoms with Crippen molar-refractivity contribution in [3.63, 3.8) is 0 Å². The van der Waals surface area contributed by atoms with Gasteiger partial charge in [-0.05, 0) is 38.3 Å². The van der Waals surface area contributed by atoms with E-state index < -0.39 is 0 Å². The van der Waals surface area contributed by atoms with Gasteiger partial charge in [0, 0.05) is 22.9 Å². The maximum atomic E-state index is 12.6. The SMILES string of the molecule is CCN1C(=O)C(=C(C=C2Sc3ccccc3N2CC)SC)SC1=S. The number of thiocarbonyl (C=S) groups is 1. The second-order valence-corrected chi connectivity index (χ2v) is 8.67. The normalized spacial score (nSPS) is 21.0. The van der Waals surface area contributed by atoms with Crippen LogP contribution in [0.5, 0.6) is 0 Å². The van der Waals surface area contributed by atoms with Crippen molar-refractivity contribution in [1.29, 1.82) is 0 Å². The second kappa shape index (κ2) is 7.56. The number of anilines is 1. The van der Waals surface area contributed by atoms with Gasteiger partial charge in [-0.15, -0.1) is 11.8 Å². The van der Waals surface area contributed by atoms with Crippen molar-refractivity contribution in [2.24, 2.45) is 0 Å². The molecular formula is C17H18N2OS4. The number of amides is 1. The van der Waals surface area contributed by atoms with Crippen LogP contribution in [0.2, 0.25) is 0 Å². The summed E-state index contributed by atoms with van der Waals surface area (Å²) in [6.07, 6.45) is 4.13. The molecule has 0 spiro atoms. The summed E-state index contributed by atoms with van der Waals surface area (Å²) in [5.74, 6) is 0.0252. The molecule has 1 aromatic rings. The number of para-hydroxylation sites is 1. The van der Waals surface area contributed by atoms with Gasteiger partial charge in [-0.25, -0.2) is 0 Å². The highest BCUT2D eigenvalue weighted by atomic mass is 32.2. The number of carbonyl (C=O) groups excluding carboxylic acids is 1. The quantitative estimate of drug-likeness (QED) is 0.531. The Morgan fingerprint density at radius 3 is 2.54 bits per heavy atom. The molecule has 2 heterocycles. The van der Waals surface area contributed by atoms with E-state index in [0.29, 0.717) is 10.9 Å². The molecular weight excluding hydrogens is 376 g/mol. The highest BCUT2D eigenvalue weighted by Crippen LogP contribution is 2.47. The van der Waals surface area contributed by atoms with Gasteiger partial charge in [0.25, 0.3) is 5.91 Å². The third-order valence-corrected chi connectivity index (χ3v) is 7.28. The lowest BCUT2D eigenvalue weighted by molar-refractivity contribution is -0.122. The lowest BCUT2D eigenvalue weighted by Crippen LogP contribution is -2.27. The number of nitrogens with zero attached hydrogens (tertiary/aromatic N) is 2. The number of hydrogen-bond acceptors (Lipinski definition) is 6. The number of likely N-dealkylation sites (N-methyl/N-ethyl adjacent to an activating group) is 1. The predicted octanol–water partition coefficient (Wildman–Crippen LogP) is 4.91. The zero-order valence-corrected chi connectivity index (χ0v) is 17.0. The first-order chi connectivity index (χ1) is 11.6. The molecule has 0 aromatic heterocycles. The first-order valence-electron chi connectivity index (χ1n) is 7.68. The molecule has 2 aliphatic heterocycles. The van der Waals surface area contributed by atoms with Gasteiger partial charge in [0.2, 0.25) is 0 Å².